The number of ether oxygens (including phenoxy) is 1. The highest BCUT2D eigenvalue weighted by Crippen LogP contribution is 2.13. The highest BCUT2D eigenvalue weighted by Gasteiger charge is 2.01. The van der Waals surface area contributed by atoms with E-state index in [1.54, 1.807) is 19.2 Å². The van der Waals surface area contributed by atoms with Crippen LogP contribution in [0.25, 0.3) is 0 Å². The van der Waals surface area contributed by atoms with Gasteiger partial charge in [-0.3, -0.25) is 0 Å². The van der Waals surface area contributed by atoms with Crippen LogP contribution in [0, 0.1) is 5.92 Å². The molecule has 0 saturated carbocycles. The molecule has 17 heavy (non-hydrogen) atoms. The third-order valence-corrected chi connectivity index (χ3v) is 2.26. The van der Waals surface area contributed by atoms with Crippen molar-refractivity contribution in [2.75, 3.05) is 30.9 Å². The number of nitrogens with two attached hydrogens (primary N) is 1. The van der Waals surface area contributed by atoms with Gasteiger partial charge in [0.05, 0.1) is 6.61 Å². The second-order valence-electron chi connectivity index (χ2n) is 4.01. The molecule has 4 N–H and O–H groups in total. The number of methoxy groups -OCH3 is 1. The molecule has 0 aliphatic heterocycles. The molecule has 0 heterocycles. The number of benzene rings is 1. The Hall–Kier alpha value is -1.75. The van der Waals surface area contributed by atoms with Gasteiger partial charge < -0.3 is 21.1 Å². The maximum absolute atomic E-state index is 10.6. The van der Waals surface area contributed by atoms with Crippen LogP contribution in [0.15, 0.2) is 24.3 Å². The Morgan fingerprint density at radius 3 is 2.47 bits per heavy atom. The number of carbonyl (C=O) groups is 1. The van der Waals surface area contributed by atoms with E-state index < -0.39 is 6.03 Å². The number of nitrogens with one attached hydrogen (secondary N) is 2. The van der Waals surface area contributed by atoms with Crippen LogP contribution in [0.3, 0.4) is 0 Å². The smallest absolute Gasteiger partial charge is 0.316 e. The zero-order chi connectivity index (χ0) is 12.7. The van der Waals surface area contributed by atoms with Crippen LogP contribution in [-0.2, 0) is 4.74 Å². The van der Waals surface area contributed by atoms with Crippen molar-refractivity contribution in [3.63, 3.8) is 0 Å². The Labute approximate surface area is 101 Å². The second kappa shape index (κ2) is 6.75. The molecule has 0 saturated heterocycles. The van der Waals surface area contributed by atoms with Gasteiger partial charge >= 0.3 is 6.03 Å². The molecule has 1 unspecified atom stereocenters. The minimum atomic E-state index is -0.556. The summed E-state index contributed by atoms with van der Waals surface area (Å²) >= 11 is 0. The molecule has 0 fully saturated rings. The van der Waals surface area contributed by atoms with E-state index in [0.717, 1.165) is 18.8 Å². The lowest BCUT2D eigenvalue weighted by atomic mass is 10.2. The van der Waals surface area contributed by atoms with Crippen molar-refractivity contribution in [3.05, 3.63) is 24.3 Å². The molecule has 1 rings (SSSR count). The van der Waals surface area contributed by atoms with Crippen molar-refractivity contribution in [1.29, 1.82) is 0 Å². The molecule has 2 amide bonds. The molecule has 0 spiro atoms. The molecule has 0 radical (unpaired) electrons. The van der Waals surface area contributed by atoms with Crippen molar-refractivity contribution in [2.24, 2.45) is 11.7 Å². The topological polar surface area (TPSA) is 76.4 Å². The molecule has 5 nitrogen and oxygen atoms in total. The summed E-state index contributed by atoms with van der Waals surface area (Å²) in [6, 6.07) is 6.83. The maximum Gasteiger partial charge on any atom is 0.316 e. The summed E-state index contributed by atoms with van der Waals surface area (Å²) < 4.78 is 5.05. The zero-order valence-corrected chi connectivity index (χ0v) is 10.2. The summed E-state index contributed by atoms with van der Waals surface area (Å²) in [5, 5.41) is 5.79. The number of amides is 2. The number of carbonyl (C=O) groups excluding carboxylic acids is 1. The summed E-state index contributed by atoms with van der Waals surface area (Å²) in [6.45, 7) is 3.68. The van der Waals surface area contributed by atoms with Gasteiger partial charge in [0, 0.05) is 25.0 Å². The number of rotatable bonds is 6. The molecule has 0 aliphatic rings. The third kappa shape index (κ3) is 5.21. The SMILES string of the molecule is COCC(C)CNc1ccc(NC(N)=O)cc1. The number of anilines is 2. The largest absolute Gasteiger partial charge is 0.385 e. The van der Waals surface area contributed by atoms with Crippen LogP contribution in [0.1, 0.15) is 6.92 Å². The number of urea groups is 1. The summed E-state index contributed by atoms with van der Waals surface area (Å²) in [5.41, 5.74) is 6.71. The number of hydrogen-bond acceptors (Lipinski definition) is 3. The predicted octanol–water partition coefficient (Wildman–Crippen LogP) is 1.87. The van der Waals surface area contributed by atoms with Crippen LogP contribution >= 0.6 is 0 Å². The Balaban J connectivity index is 2.42. The van der Waals surface area contributed by atoms with Gasteiger partial charge in [-0.2, -0.15) is 0 Å². The monoisotopic (exact) mass is 237 g/mol. The van der Waals surface area contributed by atoms with E-state index in [1.165, 1.54) is 0 Å². The summed E-state index contributed by atoms with van der Waals surface area (Å²) in [5.74, 6) is 0.448. The lowest BCUT2D eigenvalue weighted by molar-refractivity contribution is 0.164. The average molecular weight is 237 g/mol. The fraction of sp³-hybridized carbons (Fsp3) is 0.417. The van der Waals surface area contributed by atoms with Crippen LogP contribution < -0.4 is 16.4 Å². The van der Waals surface area contributed by atoms with Gasteiger partial charge in [0.1, 0.15) is 0 Å². The van der Waals surface area contributed by atoms with Crippen molar-refractivity contribution in [3.8, 4) is 0 Å². The van der Waals surface area contributed by atoms with Crippen LogP contribution in [0.4, 0.5) is 16.2 Å². The normalized spacial score (nSPS) is 11.9. The van der Waals surface area contributed by atoms with Gasteiger partial charge in [0.25, 0.3) is 0 Å². The van der Waals surface area contributed by atoms with Crippen LogP contribution in [0.5, 0.6) is 0 Å². The molecule has 0 aliphatic carbocycles. The highest BCUT2D eigenvalue weighted by atomic mass is 16.5. The minimum Gasteiger partial charge on any atom is -0.385 e. The van der Waals surface area contributed by atoms with E-state index in [2.05, 4.69) is 17.6 Å². The average Bonchev–Trinajstić information content (AvgIpc) is 2.28. The van der Waals surface area contributed by atoms with E-state index in [4.69, 9.17) is 10.5 Å². The lowest BCUT2D eigenvalue weighted by Crippen LogP contribution is -2.19. The van der Waals surface area contributed by atoms with Crippen molar-refractivity contribution in [1.82, 2.24) is 0 Å². The molecule has 0 bridgehead atoms. The molecule has 1 atom stereocenters. The first kappa shape index (κ1) is 13.3. The fourth-order valence-electron chi connectivity index (χ4n) is 1.45. The maximum atomic E-state index is 10.6. The van der Waals surface area contributed by atoms with Gasteiger partial charge in [-0.05, 0) is 30.2 Å². The first-order valence-corrected chi connectivity index (χ1v) is 5.51. The lowest BCUT2D eigenvalue weighted by Gasteiger charge is -2.12. The molecule has 1 aromatic rings. The van der Waals surface area contributed by atoms with Crippen LogP contribution in [0.2, 0.25) is 0 Å². The molecule has 0 aromatic heterocycles. The number of primary amides is 1. The van der Waals surface area contributed by atoms with Gasteiger partial charge in [0.2, 0.25) is 0 Å². The Kier molecular flexibility index (Phi) is 5.29. The fourth-order valence-corrected chi connectivity index (χ4v) is 1.45. The van der Waals surface area contributed by atoms with Gasteiger partial charge in [0.15, 0.2) is 0 Å². The standard InChI is InChI=1S/C12H19N3O2/c1-9(8-17-2)7-14-10-3-5-11(6-4-10)15-12(13)16/h3-6,9,14H,7-8H2,1-2H3,(H3,13,15,16). The Morgan fingerprint density at radius 2 is 1.94 bits per heavy atom. The van der Waals surface area contributed by atoms with Gasteiger partial charge in [-0.1, -0.05) is 6.92 Å². The zero-order valence-electron chi connectivity index (χ0n) is 10.2. The Morgan fingerprint density at radius 1 is 1.35 bits per heavy atom. The molecule has 94 valence electrons. The van der Waals surface area contributed by atoms with Gasteiger partial charge in [-0.15, -0.1) is 0 Å². The molecule has 5 heteroatoms. The first-order chi connectivity index (χ1) is 8.11. The van der Waals surface area contributed by atoms with E-state index in [1.807, 2.05) is 12.1 Å². The van der Waals surface area contributed by atoms with Crippen molar-refractivity contribution >= 4 is 17.4 Å². The van der Waals surface area contributed by atoms with Gasteiger partial charge in [-0.25, -0.2) is 4.79 Å². The van der Waals surface area contributed by atoms with Crippen LogP contribution in [-0.4, -0.2) is 26.3 Å². The molecule has 1 aromatic carbocycles. The highest BCUT2D eigenvalue weighted by molar-refractivity contribution is 5.87. The number of hydrogen-bond donors (Lipinski definition) is 3. The Bertz CT molecular complexity index is 351. The predicted molar refractivity (Wildman–Crippen MR) is 69.2 cm³/mol. The quantitative estimate of drug-likeness (QED) is 0.707. The summed E-state index contributed by atoms with van der Waals surface area (Å²) in [6.07, 6.45) is 0. The minimum absolute atomic E-state index is 0.448. The molecular weight excluding hydrogens is 218 g/mol. The first-order valence-electron chi connectivity index (χ1n) is 5.51. The summed E-state index contributed by atoms with van der Waals surface area (Å²) in [7, 11) is 1.70. The van der Waals surface area contributed by atoms with Crippen molar-refractivity contribution in [2.45, 2.75) is 6.92 Å². The van der Waals surface area contributed by atoms with E-state index in [0.29, 0.717) is 11.6 Å². The molecular formula is C12H19N3O2. The third-order valence-electron chi connectivity index (χ3n) is 2.26. The second-order valence-corrected chi connectivity index (χ2v) is 4.01. The van der Waals surface area contributed by atoms with E-state index in [-0.39, 0.29) is 0 Å². The summed E-state index contributed by atoms with van der Waals surface area (Å²) in [4.78, 5) is 10.6. The van der Waals surface area contributed by atoms with E-state index in [9.17, 15) is 4.79 Å². The van der Waals surface area contributed by atoms with Crippen molar-refractivity contribution < 1.29 is 9.53 Å². The van der Waals surface area contributed by atoms with E-state index >= 15 is 0 Å².